The zero-order valence-electron chi connectivity index (χ0n) is 12.4. The molecule has 2 nitrogen and oxygen atoms in total. The minimum absolute atomic E-state index is 0.108. The Morgan fingerprint density at radius 3 is 2.17 bits per heavy atom. The second-order valence-electron chi connectivity index (χ2n) is 7.16. The summed E-state index contributed by atoms with van der Waals surface area (Å²) in [4.78, 5) is 2.60. The molecule has 0 aromatic carbocycles. The second-order valence-corrected chi connectivity index (χ2v) is 7.16. The van der Waals surface area contributed by atoms with E-state index in [-0.39, 0.29) is 5.41 Å². The molecule has 1 aliphatic heterocycles. The zero-order chi connectivity index (χ0) is 13.1. The van der Waals surface area contributed by atoms with Gasteiger partial charge in [0.1, 0.15) is 0 Å². The third-order valence-corrected chi connectivity index (χ3v) is 5.67. The maximum Gasteiger partial charge on any atom is 0.0496 e. The van der Waals surface area contributed by atoms with E-state index in [4.69, 9.17) is 0 Å². The summed E-state index contributed by atoms with van der Waals surface area (Å²) >= 11 is 0. The molecule has 0 radical (unpaired) electrons. The molecule has 1 saturated heterocycles. The average Bonchev–Trinajstić information content (AvgIpc) is 2.43. The summed E-state index contributed by atoms with van der Waals surface area (Å²) in [5, 5.41) is 9.53. The number of hydrogen-bond donors (Lipinski definition) is 1. The Bertz CT molecular complexity index is 244. The number of likely N-dealkylation sites (tertiary alicyclic amines) is 1. The van der Waals surface area contributed by atoms with Crippen molar-refractivity contribution in [3.8, 4) is 0 Å². The molecular weight excluding hydrogens is 222 g/mol. The second kappa shape index (κ2) is 5.92. The quantitative estimate of drug-likeness (QED) is 0.829. The maximum atomic E-state index is 9.53. The van der Waals surface area contributed by atoms with E-state index in [2.05, 4.69) is 18.7 Å². The van der Waals surface area contributed by atoms with Crippen molar-refractivity contribution in [3.63, 3.8) is 0 Å². The van der Waals surface area contributed by atoms with Crippen LogP contribution in [0.3, 0.4) is 0 Å². The highest BCUT2D eigenvalue weighted by Crippen LogP contribution is 2.44. The van der Waals surface area contributed by atoms with Gasteiger partial charge in [0.2, 0.25) is 0 Å². The van der Waals surface area contributed by atoms with Gasteiger partial charge in [-0.3, -0.25) is 0 Å². The summed E-state index contributed by atoms with van der Waals surface area (Å²) < 4.78 is 0. The van der Waals surface area contributed by atoms with Crippen LogP contribution in [0.1, 0.15) is 65.2 Å². The minimum atomic E-state index is 0.108. The van der Waals surface area contributed by atoms with E-state index in [1.54, 1.807) is 0 Å². The van der Waals surface area contributed by atoms with Crippen molar-refractivity contribution in [1.82, 2.24) is 4.90 Å². The molecule has 1 spiro atoms. The standard InChI is InChI=1S/C16H31NO/c1-3-15(2,14-18)13-17-11-9-16(10-12-17)7-5-4-6-8-16/h18H,3-14H2,1-2H3. The van der Waals surface area contributed by atoms with Crippen LogP contribution in [-0.2, 0) is 0 Å². The van der Waals surface area contributed by atoms with Gasteiger partial charge in [-0.1, -0.05) is 33.1 Å². The Labute approximate surface area is 113 Å². The normalized spacial score (nSPS) is 28.2. The molecule has 1 saturated carbocycles. The van der Waals surface area contributed by atoms with Crippen molar-refractivity contribution in [3.05, 3.63) is 0 Å². The summed E-state index contributed by atoms with van der Waals surface area (Å²) in [5.41, 5.74) is 0.813. The SMILES string of the molecule is CCC(C)(CO)CN1CCC2(CCCCC2)CC1. The fourth-order valence-corrected chi connectivity index (χ4v) is 3.80. The number of aliphatic hydroxyl groups is 1. The summed E-state index contributed by atoms with van der Waals surface area (Å²) in [6.07, 6.45) is 11.2. The molecule has 2 fully saturated rings. The lowest BCUT2D eigenvalue weighted by molar-refractivity contribution is 0.0267. The number of rotatable bonds is 4. The van der Waals surface area contributed by atoms with Crippen LogP contribution in [0.15, 0.2) is 0 Å². The molecule has 1 N–H and O–H groups in total. The fourth-order valence-electron chi connectivity index (χ4n) is 3.80. The van der Waals surface area contributed by atoms with Crippen molar-refractivity contribution in [2.45, 2.75) is 65.2 Å². The monoisotopic (exact) mass is 253 g/mol. The van der Waals surface area contributed by atoms with Gasteiger partial charge in [0.05, 0.1) is 0 Å². The molecule has 1 aliphatic carbocycles. The van der Waals surface area contributed by atoms with Gasteiger partial charge in [-0.25, -0.2) is 0 Å². The lowest BCUT2D eigenvalue weighted by Gasteiger charge is -2.46. The van der Waals surface area contributed by atoms with Crippen molar-refractivity contribution in [1.29, 1.82) is 0 Å². The van der Waals surface area contributed by atoms with Gasteiger partial charge in [-0.05, 0) is 50.6 Å². The molecule has 1 atom stereocenters. The Hall–Kier alpha value is -0.0800. The van der Waals surface area contributed by atoms with Crippen LogP contribution in [0.25, 0.3) is 0 Å². The molecule has 0 aromatic rings. The van der Waals surface area contributed by atoms with E-state index in [9.17, 15) is 5.11 Å². The van der Waals surface area contributed by atoms with E-state index >= 15 is 0 Å². The van der Waals surface area contributed by atoms with Crippen LogP contribution in [0.5, 0.6) is 0 Å². The predicted molar refractivity (Wildman–Crippen MR) is 76.7 cm³/mol. The van der Waals surface area contributed by atoms with E-state index in [0.717, 1.165) is 13.0 Å². The van der Waals surface area contributed by atoms with Gasteiger partial charge in [-0.15, -0.1) is 0 Å². The topological polar surface area (TPSA) is 23.5 Å². The summed E-state index contributed by atoms with van der Waals surface area (Å²) in [5.74, 6) is 0. The van der Waals surface area contributed by atoms with Gasteiger partial charge in [0, 0.05) is 18.6 Å². The molecule has 0 aromatic heterocycles. The van der Waals surface area contributed by atoms with Crippen molar-refractivity contribution in [2.24, 2.45) is 10.8 Å². The smallest absolute Gasteiger partial charge is 0.0496 e. The van der Waals surface area contributed by atoms with Crippen molar-refractivity contribution >= 4 is 0 Å². The zero-order valence-corrected chi connectivity index (χ0v) is 12.4. The fraction of sp³-hybridized carbons (Fsp3) is 1.00. The van der Waals surface area contributed by atoms with Crippen LogP contribution in [0.2, 0.25) is 0 Å². The molecule has 18 heavy (non-hydrogen) atoms. The lowest BCUT2D eigenvalue weighted by atomic mass is 9.68. The summed E-state index contributed by atoms with van der Waals surface area (Å²) in [6, 6.07) is 0. The Morgan fingerprint density at radius 1 is 1.06 bits per heavy atom. The third-order valence-electron chi connectivity index (χ3n) is 5.67. The molecule has 106 valence electrons. The Morgan fingerprint density at radius 2 is 1.67 bits per heavy atom. The molecule has 1 unspecified atom stereocenters. The molecular formula is C16H31NO. The summed E-state index contributed by atoms with van der Waals surface area (Å²) in [6.45, 7) is 8.34. The van der Waals surface area contributed by atoms with E-state index in [1.165, 1.54) is 58.0 Å². The van der Waals surface area contributed by atoms with Gasteiger partial charge in [0.15, 0.2) is 0 Å². The number of piperidine rings is 1. The largest absolute Gasteiger partial charge is 0.396 e. The number of nitrogens with zero attached hydrogens (tertiary/aromatic N) is 1. The average molecular weight is 253 g/mol. The molecule has 2 heteroatoms. The maximum absolute atomic E-state index is 9.53. The highest BCUT2D eigenvalue weighted by Gasteiger charge is 2.36. The number of hydrogen-bond acceptors (Lipinski definition) is 2. The third kappa shape index (κ3) is 3.27. The Kier molecular flexibility index (Phi) is 4.71. The lowest BCUT2D eigenvalue weighted by Crippen LogP contribution is -2.46. The first-order valence-electron chi connectivity index (χ1n) is 7.95. The predicted octanol–water partition coefficient (Wildman–Crippen LogP) is 3.44. The molecule has 2 rings (SSSR count). The van der Waals surface area contributed by atoms with E-state index < -0.39 is 0 Å². The molecule has 0 bridgehead atoms. The molecule has 1 heterocycles. The van der Waals surface area contributed by atoms with Gasteiger partial charge >= 0.3 is 0 Å². The van der Waals surface area contributed by atoms with Gasteiger partial charge in [-0.2, -0.15) is 0 Å². The van der Waals surface area contributed by atoms with E-state index in [1.807, 2.05) is 0 Å². The Balaban J connectivity index is 1.82. The van der Waals surface area contributed by atoms with E-state index in [0.29, 0.717) is 12.0 Å². The highest BCUT2D eigenvalue weighted by molar-refractivity contribution is 4.89. The van der Waals surface area contributed by atoms with Crippen molar-refractivity contribution in [2.75, 3.05) is 26.2 Å². The first-order valence-corrected chi connectivity index (χ1v) is 7.95. The van der Waals surface area contributed by atoms with Gasteiger partial charge in [0.25, 0.3) is 0 Å². The minimum Gasteiger partial charge on any atom is -0.396 e. The van der Waals surface area contributed by atoms with Crippen LogP contribution >= 0.6 is 0 Å². The first kappa shape index (κ1) is 14.3. The van der Waals surface area contributed by atoms with Crippen LogP contribution in [-0.4, -0.2) is 36.2 Å². The van der Waals surface area contributed by atoms with Crippen LogP contribution < -0.4 is 0 Å². The van der Waals surface area contributed by atoms with Gasteiger partial charge < -0.3 is 10.0 Å². The van der Waals surface area contributed by atoms with Crippen LogP contribution in [0, 0.1) is 10.8 Å². The first-order chi connectivity index (χ1) is 8.61. The molecule has 2 aliphatic rings. The van der Waals surface area contributed by atoms with Crippen molar-refractivity contribution < 1.29 is 5.11 Å². The van der Waals surface area contributed by atoms with Crippen LogP contribution in [0.4, 0.5) is 0 Å². The summed E-state index contributed by atoms with van der Waals surface area (Å²) in [7, 11) is 0. The molecule has 0 amide bonds. The highest BCUT2D eigenvalue weighted by atomic mass is 16.3. The number of aliphatic hydroxyl groups excluding tert-OH is 1.